The second-order valence-electron chi connectivity index (χ2n) is 8.54. The third-order valence-corrected chi connectivity index (χ3v) is 6.11. The molecule has 4 rings (SSSR count). The highest BCUT2D eigenvalue weighted by Gasteiger charge is 2.46. The van der Waals surface area contributed by atoms with Crippen molar-refractivity contribution < 1.29 is 18.0 Å². The Morgan fingerprint density at radius 1 is 1.33 bits per heavy atom. The molecule has 4 heterocycles. The minimum absolute atomic E-state index is 0.0270. The second kappa shape index (κ2) is 7.63. The van der Waals surface area contributed by atoms with Crippen molar-refractivity contribution in [2.45, 2.75) is 70.1 Å². The van der Waals surface area contributed by atoms with E-state index in [1.165, 1.54) is 0 Å². The summed E-state index contributed by atoms with van der Waals surface area (Å²) in [5.74, 6) is 0.389. The molecule has 0 aromatic carbocycles. The summed E-state index contributed by atoms with van der Waals surface area (Å²) in [6.07, 6.45) is -3.10. The van der Waals surface area contributed by atoms with E-state index in [4.69, 9.17) is 0 Å². The maximum atomic E-state index is 13.6. The van der Waals surface area contributed by atoms with Crippen molar-refractivity contribution >= 4 is 11.7 Å². The molecule has 164 valence electrons. The van der Waals surface area contributed by atoms with Crippen LogP contribution in [0.3, 0.4) is 0 Å². The van der Waals surface area contributed by atoms with E-state index in [9.17, 15) is 18.0 Å². The molecule has 0 spiro atoms. The van der Waals surface area contributed by atoms with Crippen LogP contribution in [-0.4, -0.2) is 56.1 Å². The summed E-state index contributed by atoms with van der Waals surface area (Å²) < 4.78 is 41.8. The van der Waals surface area contributed by atoms with Crippen molar-refractivity contribution in [2.24, 2.45) is 0 Å². The summed E-state index contributed by atoms with van der Waals surface area (Å²) in [4.78, 5) is 14.5. The molecule has 2 aliphatic rings. The van der Waals surface area contributed by atoms with Gasteiger partial charge in [-0.25, -0.2) is 4.68 Å². The first-order valence-electron chi connectivity index (χ1n) is 10.4. The van der Waals surface area contributed by atoms with E-state index in [1.54, 1.807) is 17.0 Å². The van der Waals surface area contributed by atoms with Gasteiger partial charge in [-0.2, -0.15) is 23.4 Å². The largest absolute Gasteiger partial charge is 0.410 e. The topological polar surface area (TPSA) is 78.8 Å². The number of hydrogen-bond donors (Lipinski definition) is 2. The Morgan fingerprint density at radius 2 is 2.10 bits per heavy atom. The van der Waals surface area contributed by atoms with Gasteiger partial charge in [0, 0.05) is 36.8 Å². The molecule has 2 aliphatic heterocycles. The first kappa shape index (κ1) is 20.7. The molecule has 0 radical (unpaired) electrons. The number of alkyl halides is 3. The number of aromatic amines is 1. The zero-order valence-corrected chi connectivity index (χ0v) is 17.3. The van der Waals surface area contributed by atoms with Crippen LogP contribution in [0.2, 0.25) is 0 Å². The number of carbonyl (C=O) groups excluding carboxylic acids is 1. The van der Waals surface area contributed by atoms with Crippen molar-refractivity contribution in [1.82, 2.24) is 24.9 Å². The minimum atomic E-state index is -4.35. The predicted octanol–water partition coefficient (Wildman–Crippen LogP) is 4.06. The van der Waals surface area contributed by atoms with Gasteiger partial charge in [-0.3, -0.25) is 9.89 Å². The monoisotopic (exact) mass is 424 g/mol. The summed E-state index contributed by atoms with van der Waals surface area (Å²) in [5.41, 5.74) is 1.86. The molecule has 0 bridgehead atoms. The van der Waals surface area contributed by atoms with E-state index in [1.807, 2.05) is 20.8 Å². The average Bonchev–Trinajstić information content (AvgIpc) is 3.44. The first-order valence-corrected chi connectivity index (χ1v) is 10.4. The quantitative estimate of drug-likeness (QED) is 0.776. The fourth-order valence-corrected chi connectivity index (χ4v) is 4.23. The molecule has 1 fully saturated rings. The number of rotatable bonds is 4. The van der Waals surface area contributed by atoms with Gasteiger partial charge in [-0.05, 0) is 31.2 Å². The second-order valence-corrected chi connectivity index (χ2v) is 8.54. The summed E-state index contributed by atoms with van der Waals surface area (Å²) >= 11 is 0. The molecule has 1 amide bonds. The van der Waals surface area contributed by atoms with Crippen molar-refractivity contribution in [1.29, 1.82) is 0 Å². The molecule has 2 aromatic rings. The fourth-order valence-electron chi connectivity index (χ4n) is 4.23. The van der Waals surface area contributed by atoms with E-state index in [-0.39, 0.29) is 30.2 Å². The lowest BCUT2D eigenvalue weighted by molar-refractivity contribution is -0.173. The maximum Gasteiger partial charge on any atom is 0.410 e. The van der Waals surface area contributed by atoms with Gasteiger partial charge in [0.1, 0.15) is 11.5 Å². The van der Waals surface area contributed by atoms with Crippen molar-refractivity contribution in [2.75, 3.05) is 18.4 Å². The number of hydrogen-bond acceptors (Lipinski definition) is 4. The summed E-state index contributed by atoms with van der Waals surface area (Å²) in [5, 5.41) is 14.5. The van der Waals surface area contributed by atoms with Gasteiger partial charge in [0.2, 0.25) is 0 Å². The summed E-state index contributed by atoms with van der Waals surface area (Å²) in [6, 6.07) is 1.62. The molecule has 1 saturated heterocycles. The van der Waals surface area contributed by atoms with Crippen molar-refractivity contribution in [3.63, 3.8) is 0 Å². The van der Waals surface area contributed by atoms with Crippen LogP contribution in [0, 0.1) is 0 Å². The van der Waals surface area contributed by atoms with Gasteiger partial charge in [0.25, 0.3) is 5.91 Å². The van der Waals surface area contributed by atoms with E-state index >= 15 is 0 Å². The SMILES string of the molecule is CC[C@@H]1C[C@H](C(F)(F)F)n2nc([C@@H]3CCN(C(=O)c4cc(C(C)C)[nH]n4)C3)cc2N1. The highest BCUT2D eigenvalue weighted by Crippen LogP contribution is 2.41. The lowest BCUT2D eigenvalue weighted by atomic mass is 10.0. The van der Waals surface area contributed by atoms with Gasteiger partial charge in [0.15, 0.2) is 6.04 Å². The number of amides is 1. The maximum absolute atomic E-state index is 13.6. The number of anilines is 1. The third kappa shape index (κ3) is 3.79. The molecule has 30 heavy (non-hydrogen) atoms. The lowest BCUT2D eigenvalue weighted by Crippen LogP contribution is -2.38. The van der Waals surface area contributed by atoms with E-state index in [0.717, 1.165) is 10.4 Å². The number of likely N-dealkylation sites (tertiary alicyclic amines) is 1. The Balaban J connectivity index is 1.51. The molecule has 10 heteroatoms. The molecule has 0 unspecified atom stereocenters. The van der Waals surface area contributed by atoms with Gasteiger partial charge in [-0.15, -0.1) is 0 Å². The lowest BCUT2D eigenvalue weighted by Gasteiger charge is -2.32. The summed E-state index contributed by atoms with van der Waals surface area (Å²) in [7, 11) is 0. The molecular formula is C20H27F3N6O. The molecular weight excluding hydrogens is 397 g/mol. The zero-order chi connectivity index (χ0) is 21.6. The number of halogens is 3. The molecule has 0 saturated carbocycles. The van der Waals surface area contributed by atoms with Crippen LogP contribution in [0.5, 0.6) is 0 Å². The van der Waals surface area contributed by atoms with Gasteiger partial charge < -0.3 is 10.2 Å². The van der Waals surface area contributed by atoms with Crippen LogP contribution in [0.1, 0.15) is 79.8 Å². The Labute approximate surface area is 173 Å². The minimum Gasteiger partial charge on any atom is -0.367 e. The van der Waals surface area contributed by atoms with Crippen molar-refractivity contribution in [3.05, 3.63) is 29.2 Å². The zero-order valence-electron chi connectivity index (χ0n) is 17.3. The number of H-pyrrole nitrogens is 1. The first-order chi connectivity index (χ1) is 14.2. The molecule has 2 aromatic heterocycles. The average molecular weight is 424 g/mol. The van der Waals surface area contributed by atoms with Crippen LogP contribution in [0.15, 0.2) is 12.1 Å². The Hall–Kier alpha value is -2.52. The highest BCUT2D eigenvalue weighted by atomic mass is 19.4. The Bertz CT molecular complexity index is 918. The van der Waals surface area contributed by atoms with Crippen LogP contribution < -0.4 is 5.32 Å². The van der Waals surface area contributed by atoms with Crippen molar-refractivity contribution in [3.8, 4) is 0 Å². The predicted molar refractivity (Wildman–Crippen MR) is 106 cm³/mol. The third-order valence-electron chi connectivity index (χ3n) is 6.11. The summed E-state index contributed by atoms with van der Waals surface area (Å²) in [6.45, 7) is 6.85. The van der Waals surface area contributed by atoms with E-state index in [2.05, 4.69) is 20.6 Å². The number of fused-ring (bicyclic) bond motifs is 1. The number of nitrogens with one attached hydrogen (secondary N) is 2. The number of carbonyl (C=O) groups is 1. The van der Waals surface area contributed by atoms with Gasteiger partial charge >= 0.3 is 6.18 Å². The Morgan fingerprint density at radius 3 is 2.73 bits per heavy atom. The van der Waals surface area contributed by atoms with Crippen LogP contribution >= 0.6 is 0 Å². The molecule has 3 atom stereocenters. The molecule has 0 aliphatic carbocycles. The normalized spacial score (nSPS) is 24.2. The van der Waals surface area contributed by atoms with Gasteiger partial charge in [-0.1, -0.05) is 20.8 Å². The molecule has 2 N–H and O–H groups in total. The van der Waals surface area contributed by atoms with E-state index < -0.39 is 12.2 Å². The van der Waals surface area contributed by atoms with Crippen LogP contribution in [0.4, 0.5) is 19.0 Å². The highest BCUT2D eigenvalue weighted by molar-refractivity contribution is 5.92. The number of aromatic nitrogens is 4. The standard InChI is InChI=1S/C20H27F3N6O/c1-4-13-7-17(20(21,22)23)29-18(24-13)9-15(27-29)12-5-6-28(10-12)19(30)16-8-14(11(2)3)25-26-16/h8-9,11-13,17,24H,4-7,10H2,1-3H3,(H,25,26)/t12-,13-,17-/m1/s1. The molecule has 7 nitrogen and oxygen atoms in total. The number of nitrogens with zero attached hydrogens (tertiary/aromatic N) is 4. The van der Waals surface area contributed by atoms with Gasteiger partial charge in [0.05, 0.1) is 5.69 Å². The fraction of sp³-hybridized carbons (Fsp3) is 0.650. The Kier molecular flexibility index (Phi) is 5.27. The van der Waals surface area contributed by atoms with Crippen LogP contribution in [-0.2, 0) is 0 Å². The smallest absolute Gasteiger partial charge is 0.367 e. The van der Waals surface area contributed by atoms with E-state index in [0.29, 0.717) is 43.1 Å². The van der Waals surface area contributed by atoms with Crippen LogP contribution in [0.25, 0.3) is 0 Å².